The molecule has 1 nitrogen and oxygen atoms in total. The smallest absolute Gasteiger partial charge is 0.188 e. The van der Waals surface area contributed by atoms with Crippen molar-refractivity contribution in [3.05, 3.63) is 45.4 Å². The lowest BCUT2D eigenvalue weighted by Gasteiger charge is -2.12. The Morgan fingerprint density at radius 3 is 2.75 bits per heavy atom. The third-order valence-electron chi connectivity index (χ3n) is 3.02. The van der Waals surface area contributed by atoms with Crippen LogP contribution >= 0.6 is 15.9 Å². The predicted molar refractivity (Wildman–Crippen MR) is 69.8 cm³/mol. The lowest BCUT2D eigenvalue weighted by molar-refractivity contribution is 0.102. The molecule has 2 rings (SSSR count). The van der Waals surface area contributed by atoms with E-state index in [1.807, 2.05) is 25.1 Å². The van der Waals surface area contributed by atoms with Gasteiger partial charge in [-0.1, -0.05) is 34.1 Å². The van der Waals surface area contributed by atoms with Crippen LogP contribution in [0.3, 0.4) is 0 Å². The maximum absolute atomic E-state index is 12.2. The molecule has 1 aromatic rings. The summed E-state index contributed by atoms with van der Waals surface area (Å²) in [5.41, 5.74) is 2.95. The van der Waals surface area contributed by atoms with Crippen molar-refractivity contribution in [1.29, 1.82) is 0 Å². The number of aryl methyl sites for hydroxylation is 1. The molecule has 0 saturated heterocycles. The van der Waals surface area contributed by atoms with Gasteiger partial charge in [0, 0.05) is 10.0 Å². The highest BCUT2D eigenvalue weighted by Crippen LogP contribution is 2.24. The van der Waals surface area contributed by atoms with Crippen LogP contribution in [-0.2, 0) is 0 Å². The Hall–Kier alpha value is -0.890. The number of hydrogen-bond donors (Lipinski definition) is 0. The number of carbonyl (C=O) groups is 1. The maximum atomic E-state index is 12.2. The quantitative estimate of drug-likeness (QED) is 0.731. The topological polar surface area (TPSA) is 17.1 Å². The van der Waals surface area contributed by atoms with E-state index in [0.717, 1.165) is 40.4 Å². The van der Waals surface area contributed by atoms with Crippen molar-refractivity contribution in [2.45, 2.75) is 32.6 Å². The second kappa shape index (κ2) is 4.96. The first-order valence-corrected chi connectivity index (χ1v) is 6.47. The largest absolute Gasteiger partial charge is 0.289 e. The summed E-state index contributed by atoms with van der Waals surface area (Å²) in [5, 5.41) is 0. The van der Waals surface area contributed by atoms with E-state index in [1.54, 1.807) is 0 Å². The van der Waals surface area contributed by atoms with Crippen molar-refractivity contribution >= 4 is 21.7 Å². The van der Waals surface area contributed by atoms with E-state index in [0.29, 0.717) is 0 Å². The Balaban J connectivity index is 2.26. The molecular formula is C14H15BrO. The number of halogens is 1. The normalized spacial score (nSPS) is 15.8. The minimum absolute atomic E-state index is 0.195. The van der Waals surface area contributed by atoms with Crippen LogP contribution in [0.15, 0.2) is 34.3 Å². The van der Waals surface area contributed by atoms with Crippen molar-refractivity contribution in [1.82, 2.24) is 0 Å². The molecule has 0 saturated carbocycles. The number of benzene rings is 1. The molecule has 0 radical (unpaired) electrons. The minimum atomic E-state index is 0.195. The Kier molecular flexibility index (Phi) is 3.59. The first-order chi connectivity index (χ1) is 7.68. The van der Waals surface area contributed by atoms with E-state index in [-0.39, 0.29) is 5.78 Å². The number of hydrogen-bond acceptors (Lipinski definition) is 1. The molecule has 1 aliphatic rings. The lowest BCUT2D eigenvalue weighted by atomic mass is 9.93. The molecule has 0 amide bonds. The van der Waals surface area contributed by atoms with Gasteiger partial charge in [0.15, 0.2) is 5.78 Å². The molecule has 0 fully saturated rings. The van der Waals surface area contributed by atoms with Crippen LogP contribution in [0.4, 0.5) is 0 Å². The van der Waals surface area contributed by atoms with Gasteiger partial charge >= 0.3 is 0 Å². The SMILES string of the molecule is Cc1ccc(C(=O)C2=CCCCC2)cc1Br. The van der Waals surface area contributed by atoms with Crippen LogP contribution in [0.1, 0.15) is 41.6 Å². The van der Waals surface area contributed by atoms with E-state index >= 15 is 0 Å². The number of allylic oxidation sites excluding steroid dienone is 2. The number of ketones is 1. The molecule has 84 valence electrons. The predicted octanol–water partition coefficient (Wildman–Crippen LogP) is 4.44. The van der Waals surface area contributed by atoms with Crippen molar-refractivity contribution < 1.29 is 4.79 Å². The summed E-state index contributed by atoms with van der Waals surface area (Å²) < 4.78 is 1.01. The van der Waals surface area contributed by atoms with Gasteiger partial charge in [0.25, 0.3) is 0 Å². The first-order valence-electron chi connectivity index (χ1n) is 5.68. The molecule has 0 spiro atoms. The molecular weight excluding hydrogens is 264 g/mol. The summed E-state index contributed by atoms with van der Waals surface area (Å²) in [6.45, 7) is 2.03. The minimum Gasteiger partial charge on any atom is -0.289 e. The molecule has 0 heterocycles. The second-order valence-electron chi connectivity index (χ2n) is 4.27. The fraction of sp³-hybridized carbons (Fsp3) is 0.357. The highest BCUT2D eigenvalue weighted by atomic mass is 79.9. The van der Waals surface area contributed by atoms with Crippen LogP contribution in [-0.4, -0.2) is 5.78 Å². The van der Waals surface area contributed by atoms with Gasteiger partial charge in [-0.05, 0) is 49.8 Å². The van der Waals surface area contributed by atoms with Crippen molar-refractivity contribution in [3.63, 3.8) is 0 Å². The number of rotatable bonds is 2. The zero-order chi connectivity index (χ0) is 11.5. The van der Waals surface area contributed by atoms with Crippen molar-refractivity contribution in [3.8, 4) is 0 Å². The Morgan fingerprint density at radius 1 is 1.31 bits per heavy atom. The van der Waals surface area contributed by atoms with Gasteiger partial charge in [0.1, 0.15) is 0 Å². The van der Waals surface area contributed by atoms with E-state index in [1.165, 1.54) is 6.42 Å². The molecule has 2 heteroatoms. The van der Waals surface area contributed by atoms with Gasteiger partial charge in [-0.15, -0.1) is 0 Å². The Bertz CT molecular complexity index is 446. The summed E-state index contributed by atoms with van der Waals surface area (Å²) in [6.07, 6.45) is 6.44. The van der Waals surface area contributed by atoms with Crippen LogP contribution in [0, 0.1) is 6.92 Å². The molecule has 0 bridgehead atoms. The van der Waals surface area contributed by atoms with E-state index in [2.05, 4.69) is 22.0 Å². The van der Waals surface area contributed by atoms with Gasteiger partial charge in [-0.2, -0.15) is 0 Å². The van der Waals surface area contributed by atoms with Gasteiger partial charge < -0.3 is 0 Å². The fourth-order valence-corrected chi connectivity index (χ4v) is 2.34. The highest BCUT2D eigenvalue weighted by molar-refractivity contribution is 9.10. The van der Waals surface area contributed by atoms with Crippen molar-refractivity contribution in [2.24, 2.45) is 0 Å². The number of carbonyl (C=O) groups excluding carboxylic acids is 1. The Labute approximate surface area is 105 Å². The van der Waals surface area contributed by atoms with Crippen LogP contribution in [0.25, 0.3) is 0 Å². The molecule has 16 heavy (non-hydrogen) atoms. The summed E-state index contributed by atoms with van der Waals surface area (Å²) in [6, 6.07) is 5.83. The van der Waals surface area contributed by atoms with Gasteiger partial charge in [0.05, 0.1) is 0 Å². The van der Waals surface area contributed by atoms with Crippen LogP contribution < -0.4 is 0 Å². The Morgan fingerprint density at radius 2 is 2.12 bits per heavy atom. The average Bonchev–Trinajstić information content (AvgIpc) is 2.33. The molecule has 0 aliphatic heterocycles. The molecule has 0 unspecified atom stereocenters. The van der Waals surface area contributed by atoms with E-state index in [9.17, 15) is 4.79 Å². The standard InChI is InChI=1S/C14H15BrO/c1-10-7-8-12(9-13(10)15)14(16)11-5-3-2-4-6-11/h5,7-9H,2-4,6H2,1H3. The highest BCUT2D eigenvalue weighted by Gasteiger charge is 2.14. The van der Waals surface area contributed by atoms with Crippen molar-refractivity contribution in [2.75, 3.05) is 0 Å². The lowest BCUT2D eigenvalue weighted by Crippen LogP contribution is -2.06. The van der Waals surface area contributed by atoms with Gasteiger partial charge in [-0.3, -0.25) is 4.79 Å². The van der Waals surface area contributed by atoms with Gasteiger partial charge in [0.2, 0.25) is 0 Å². The molecule has 0 N–H and O–H groups in total. The van der Waals surface area contributed by atoms with Crippen LogP contribution in [0.2, 0.25) is 0 Å². The van der Waals surface area contributed by atoms with Crippen LogP contribution in [0.5, 0.6) is 0 Å². The summed E-state index contributed by atoms with van der Waals surface area (Å²) in [7, 11) is 0. The number of Topliss-reactive ketones (excluding diaryl/α,β-unsaturated/α-hetero) is 1. The summed E-state index contributed by atoms with van der Waals surface area (Å²) in [4.78, 5) is 12.2. The fourth-order valence-electron chi connectivity index (χ4n) is 1.96. The molecule has 1 aromatic carbocycles. The van der Waals surface area contributed by atoms with Gasteiger partial charge in [-0.25, -0.2) is 0 Å². The third-order valence-corrected chi connectivity index (χ3v) is 3.87. The molecule has 0 aromatic heterocycles. The summed E-state index contributed by atoms with van der Waals surface area (Å²) in [5.74, 6) is 0.195. The zero-order valence-corrected chi connectivity index (χ0v) is 11.0. The zero-order valence-electron chi connectivity index (χ0n) is 9.42. The third kappa shape index (κ3) is 2.43. The second-order valence-corrected chi connectivity index (χ2v) is 5.12. The monoisotopic (exact) mass is 278 g/mol. The summed E-state index contributed by atoms with van der Waals surface area (Å²) >= 11 is 3.47. The van der Waals surface area contributed by atoms with E-state index < -0.39 is 0 Å². The average molecular weight is 279 g/mol. The molecule has 0 atom stereocenters. The first kappa shape index (κ1) is 11.6. The van der Waals surface area contributed by atoms with E-state index in [4.69, 9.17) is 0 Å². The molecule has 1 aliphatic carbocycles. The maximum Gasteiger partial charge on any atom is 0.188 e.